The lowest BCUT2D eigenvalue weighted by Gasteiger charge is -2.32. The Bertz CT molecular complexity index is 1440. The molecular formula is C31H38ClN3O5S. The lowest BCUT2D eigenvalue weighted by Crippen LogP contribution is -2.51. The van der Waals surface area contributed by atoms with Crippen molar-refractivity contribution in [1.82, 2.24) is 10.2 Å². The van der Waals surface area contributed by atoms with E-state index in [1.54, 1.807) is 74.5 Å². The third-order valence-electron chi connectivity index (χ3n) is 6.42. The molecule has 3 rings (SSSR count). The number of sulfonamides is 1. The van der Waals surface area contributed by atoms with Gasteiger partial charge >= 0.3 is 0 Å². The molecule has 3 aromatic carbocycles. The maximum absolute atomic E-state index is 14.1. The molecule has 220 valence electrons. The Labute approximate surface area is 248 Å². The van der Waals surface area contributed by atoms with Crippen LogP contribution in [0.15, 0.2) is 77.7 Å². The van der Waals surface area contributed by atoms with Crippen LogP contribution in [0, 0.1) is 12.8 Å². The number of nitrogens with zero attached hydrogens (tertiary/aromatic N) is 2. The number of amides is 2. The standard InChI is InChI=1S/C31H38ClN3O5S/c1-6-40-29-13-8-7-12-28(29)35(41(38,39)27-16-14-23(4)15-17-27)21-30(36)34(20-25-10-9-11-26(32)18-25)24(5)31(37)33-19-22(2)3/h7-18,22,24H,6,19-21H2,1-5H3,(H,33,37)/t24-/m0/s1. The van der Waals surface area contributed by atoms with Crippen molar-refractivity contribution in [2.45, 2.75) is 52.1 Å². The highest BCUT2D eigenvalue weighted by atomic mass is 35.5. The number of aryl methyl sites for hydroxylation is 1. The number of nitrogens with one attached hydrogen (secondary N) is 1. The molecule has 1 atom stereocenters. The molecule has 1 N–H and O–H groups in total. The first-order valence-corrected chi connectivity index (χ1v) is 15.4. The molecule has 0 saturated heterocycles. The van der Waals surface area contributed by atoms with Crippen LogP contribution < -0.4 is 14.4 Å². The Morgan fingerprint density at radius 2 is 1.66 bits per heavy atom. The SMILES string of the molecule is CCOc1ccccc1N(CC(=O)N(Cc1cccc(Cl)c1)[C@@H](C)C(=O)NCC(C)C)S(=O)(=O)c1ccc(C)cc1. The average molecular weight is 600 g/mol. The number of hydrogen-bond acceptors (Lipinski definition) is 5. The molecule has 0 aliphatic heterocycles. The van der Waals surface area contributed by atoms with Gasteiger partial charge in [0, 0.05) is 18.1 Å². The minimum Gasteiger partial charge on any atom is -0.492 e. The molecule has 0 unspecified atom stereocenters. The molecular weight excluding hydrogens is 562 g/mol. The highest BCUT2D eigenvalue weighted by Gasteiger charge is 2.33. The van der Waals surface area contributed by atoms with E-state index in [4.69, 9.17) is 16.3 Å². The summed E-state index contributed by atoms with van der Waals surface area (Å²) in [4.78, 5) is 28.6. The zero-order valence-corrected chi connectivity index (χ0v) is 25.7. The first-order chi connectivity index (χ1) is 19.4. The minimum atomic E-state index is -4.20. The van der Waals surface area contributed by atoms with Crippen molar-refractivity contribution in [2.24, 2.45) is 5.92 Å². The van der Waals surface area contributed by atoms with Crippen molar-refractivity contribution in [3.63, 3.8) is 0 Å². The van der Waals surface area contributed by atoms with Crippen molar-refractivity contribution in [1.29, 1.82) is 0 Å². The molecule has 0 saturated carbocycles. The molecule has 0 aliphatic rings. The largest absolute Gasteiger partial charge is 0.492 e. The maximum Gasteiger partial charge on any atom is 0.264 e. The van der Waals surface area contributed by atoms with E-state index in [-0.39, 0.29) is 29.0 Å². The molecule has 0 aliphatic carbocycles. The summed E-state index contributed by atoms with van der Waals surface area (Å²) in [6.07, 6.45) is 0. The van der Waals surface area contributed by atoms with Crippen molar-refractivity contribution in [2.75, 3.05) is 24.0 Å². The number of benzene rings is 3. The number of anilines is 1. The quantitative estimate of drug-likeness (QED) is 0.283. The summed E-state index contributed by atoms with van der Waals surface area (Å²) < 4.78 is 34.9. The van der Waals surface area contributed by atoms with Crippen molar-refractivity contribution in [3.8, 4) is 5.75 Å². The van der Waals surface area contributed by atoms with Crippen LogP contribution >= 0.6 is 11.6 Å². The van der Waals surface area contributed by atoms with E-state index < -0.39 is 28.5 Å². The first kappa shape index (κ1) is 32.0. The Hall–Kier alpha value is -3.56. The number of carbonyl (C=O) groups excluding carboxylic acids is 2. The number of ether oxygens (including phenoxy) is 1. The number of hydrogen-bond donors (Lipinski definition) is 1. The van der Waals surface area contributed by atoms with Gasteiger partial charge in [0.1, 0.15) is 18.3 Å². The van der Waals surface area contributed by atoms with Crippen LogP contribution in [0.4, 0.5) is 5.69 Å². The Balaban J connectivity index is 2.07. The second kappa shape index (κ2) is 14.4. The third kappa shape index (κ3) is 8.47. The van der Waals surface area contributed by atoms with E-state index >= 15 is 0 Å². The van der Waals surface area contributed by atoms with E-state index in [1.165, 1.54) is 17.0 Å². The van der Waals surface area contributed by atoms with E-state index in [2.05, 4.69) is 5.32 Å². The third-order valence-corrected chi connectivity index (χ3v) is 8.42. The summed E-state index contributed by atoms with van der Waals surface area (Å²) in [6.45, 7) is 9.49. The Morgan fingerprint density at radius 3 is 2.29 bits per heavy atom. The molecule has 2 amide bonds. The molecule has 10 heteroatoms. The summed E-state index contributed by atoms with van der Waals surface area (Å²) in [7, 11) is -4.20. The lowest BCUT2D eigenvalue weighted by atomic mass is 10.1. The summed E-state index contributed by atoms with van der Waals surface area (Å²) in [5.74, 6) is -0.355. The van der Waals surface area contributed by atoms with Gasteiger partial charge in [-0.1, -0.05) is 67.4 Å². The van der Waals surface area contributed by atoms with Crippen molar-refractivity contribution in [3.05, 3.63) is 88.9 Å². The summed E-state index contributed by atoms with van der Waals surface area (Å²) in [5.41, 5.74) is 1.83. The van der Waals surface area contributed by atoms with Gasteiger partial charge in [0.2, 0.25) is 11.8 Å². The Morgan fingerprint density at radius 1 is 0.976 bits per heavy atom. The number of carbonyl (C=O) groups is 2. The van der Waals surface area contributed by atoms with E-state index in [0.29, 0.717) is 29.5 Å². The molecule has 0 aromatic heterocycles. The first-order valence-electron chi connectivity index (χ1n) is 13.6. The van der Waals surface area contributed by atoms with E-state index in [0.717, 1.165) is 9.87 Å². The molecule has 0 heterocycles. The number of halogens is 1. The van der Waals surface area contributed by atoms with Crippen LogP contribution in [0.3, 0.4) is 0 Å². The molecule has 0 radical (unpaired) electrons. The van der Waals surface area contributed by atoms with Gasteiger partial charge in [-0.2, -0.15) is 0 Å². The van der Waals surface area contributed by atoms with Gasteiger partial charge < -0.3 is 15.0 Å². The van der Waals surface area contributed by atoms with Gasteiger partial charge in [-0.05, 0) is 68.7 Å². The topological polar surface area (TPSA) is 96.0 Å². The van der Waals surface area contributed by atoms with Gasteiger partial charge in [-0.15, -0.1) is 0 Å². The average Bonchev–Trinajstić information content (AvgIpc) is 2.93. The van der Waals surface area contributed by atoms with Gasteiger partial charge in [-0.3, -0.25) is 13.9 Å². The second-order valence-corrected chi connectivity index (χ2v) is 12.5. The predicted octanol–water partition coefficient (Wildman–Crippen LogP) is 5.43. The maximum atomic E-state index is 14.1. The zero-order chi connectivity index (χ0) is 30.2. The number of para-hydroxylation sites is 2. The molecule has 8 nitrogen and oxygen atoms in total. The fourth-order valence-electron chi connectivity index (χ4n) is 4.16. The molecule has 41 heavy (non-hydrogen) atoms. The Kier molecular flexibility index (Phi) is 11.2. The fraction of sp³-hybridized carbons (Fsp3) is 0.355. The number of rotatable bonds is 13. The minimum absolute atomic E-state index is 0.0336. The summed E-state index contributed by atoms with van der Waals surface area (Å²) in [6, 6.07) is 19.2. The van der Waals surface area contributed by atoms with Crippen LogP contribution in [-0.4, -0.2) is 50.9 Å². The predicted molar refractivity (Wildman–Crippen MR) is 163 cm³/mol. The molecule has 0 spiro atoms. The van der Waals surface area contributed by atoms with Gasteiger partial charge in [0.15, 0.2) is 0 Å². The molecule has 0 fully saturated rings. The normalized spacial score (nSPS) is 12.1. The fourth-order valence-corrected chi connectivity index (χ4v) is 5.80. The van der Waals surface area contributed by atoms with Crippen LogP contribution in [-0.2, 0) is 26.2 Å². The second-order valence-electron chi connectivity index (χ2n) is 10.2. The van der Waals surface area contributed by atoms with Crippen molar-refractivity contribution >= 4 is 39.1 Å². The van der Waals surface area contributed by atoms with Gasteiger partial charge in [-0.25, -0.2) is 8.42 Å². The van der Waals surface area contributed by atoms with Gasteiger partial charge in [0.25, 0.3) is 10.0 Å². The van der Waals surface area contributed by atoms with Crippen LogP contribution in [0.2, 0.25) is 5.02 Å². The van der Waals surface area contributed by atoms with Crippen LogP contribution in [0.25, 0.3) is 0 Å². The smallest absolute Gasteiger partial charge is 0.264 e. The van der Waals surface area contributed by atoms with Crippen molar-refractivity contribution < 1.29 is 22.7 Å². The van der Waals surface area contributed by atoms with Crippen LogP contribution in [0.5, 0.6) is 5.75 Å². The summed E-state index contributed by atoms with van der Waals surface area (Å²) >= 11 is 6.20. The van der Waals surface area contributed by atoms with Crippen LogP contribution in [0.1, 0.15) is 38.8 Å². The van der Waals surface area contributed by atoms with E-state index in [9.17, 15) is 18.0 Å². The lowest BCUT2D eigenvalue weighted by molar-refractivity contribution is -0.139. The monoisotopic (exact) mass is 599 g/mol. The summed E-state index contributed by atoms with van der Waals surface area (Å²) in [5, 5.41) is 3.36. The molecule has 0 bridgehead atoms. The van der Waals surface area contributed by atoms with E-state index in [1.807, 2.05) is 20.8 Å². The zero-order valence-electron chi connectivity index (χ0n) is 24.1. The highest BCUT2D eigenvalue weighted by molar-refractivity contribution is 7.92. The molecule has 3 aromatic rings. The van der Waals surface area contributed by atoms with Gasteiger partial charge in [0.05, 0.1) is 17.2 Å². The highest BCUT2D eigenvalue weighted by Crippen LogP contribution is 2.33.